The monoisotopic (exact) mass is 362 g/mol. The van der Waals surface area contributed by atoms with E-state index >= 15 is 0 Å². The van der Waals surface area contributed by atoms with Gasteiger partial charge in [0.2, 0.25) is 5.91 Å². The Kier molecular flexibility index (Phi) is 4.26. The molecule has 0 spiro atoms. The first kappa shape index (κ1) is 17.6. The lowest BCUT2D eigenvalue weighted by atomic mass is 9.96. The number of methoxy groups -OCH3 is 1. The molecule has 10 heteroatoms. The Morgan fingerprint density at radius 3 is 2.73 bits per heavy atom. The topological polar surface area (TPSA) is 131 Å². The highest BCUT2D eigenvalue weighted by Gasteiger charge is 2.56. The van der Waals surface area contributed by atoms with Gasteiger partial charge in [-0.15, -0.1) is 0 Å². The molecule has 1 saturated heterocycles. The van der Waals surface area contributed by atoms with Gasteiger partial charge in [-0.2, -0.15) is 0 Å². The van der Waals surface area contributed by atoms with Crippen LogP contribution in [-0.4, -0.2) is 46.9 Å². The minimum atomic E-state index is -0.983. The zero-order chi connectivity index (χ0) is 19.1. The molecule has 1 unspecified atom stereocenters. The molecule has 1 aliphatic carbocycles. The SMILES string of the molecule is COc1ccc(NC(=O)CN2C(=O)NC(C)(C3CC3)C2=O)c([N+](=O)[O-])c1. The molecule has 1 aromatic carbocycles. The predicted octanol–water partition coefficient (Wildman–Crippen LogP) is 1.26. The fourth-order valence-corrected chi connectivity index (χ4v) is 3.03. The first-order valence-electron chi connectivity index (χ1n) is 8.02. The van der Waals surface area contributed by atoms with Gasteiger partial charge in [0, 0.05) is 0 Å². The van der Waals surface area contributed by atoms with Crippen molar-refractivity contribution in [2.75, 3.05) is 19.0 Å². The van der Waals surface area contributed by atoms with E-state index in [1.54, 1.807) is 6.92 Å². The first-order valence-corrected chi connectivity index (χ1v) is 8.02. The van der Waals surface area contributed by atoms with Crippen molar-refractivity contribution < 1.29 is 24.0 Å². The number of hydrogen-bond acceptors (Lipinski definition) is 6. The third-order valence-electron chi connectivity index (χ3n) is 4.67. The lowest BCUT2D eigenvalue weighted by molar-refractivity contribution is -0.384. The summed E-state index contributed by atoms with van der Waals surface area (Å²) < 4.78 is 4.93. The molecule has 2 aliphatic rings. The molecule has 0 aromatic heterocycles. The summed E-state index contributed by atoms with van der Waals surface area (Å²) in [5.74, 6) is -0.815. The smallest absolute Gasteiger partial charge is 0.325 e. The Morgan fingerprint density at radius 2 is 2.15 bits per heavy atom. The molecule has 0 radical (unpaired) electrons. The van der Waals surface area contributed by atoms with Crippen LogP contribution in [0.15, 0.2) is 18.2 Å². The molecule has 10 nitrogen and oxygen atoms in total. The molecule has 2 fully saturated rings. The van der Waals surface area contributed by atoms with Gasteiger partial charge in [-0.05, 0) is 37.8 Å². The lowest BCUT2D eigenvalue weighted by Gasteiger charge is -2.20. The summed E-state index contributed by atoms with van der Waals surface area (Å²) in [6.07, 6.45) is 1.70. The van der Waals surface area contributed by atoms with Crippen molar-refractivity contribution in [3.8, 4) is 5.75 Å². The molecule has 2 N–H and O–H groups in total. The summed E-state index contributed by atoms with van der Waals surface area (Å²) in [6.45, 7) is 1.13. The number of urea groups is 1. The number of amides is 4. The molecular weight excluding hydrogens is 344 g/mol. The highest BCUT2D eigenvalue weighted by molar-refractivity contribution is 6.10. The minimum absolute atomic E-state index is 0.0437. The Labute approximate surface area is 148 Å². The Hall–Kier alpha value is -3.17. The van der Waals surface area contributed by atoms with Gasteiger partial charge in [-0.25, -0.2) is 4.79 Å². The van der Waals surface area contributed by atoms with Gasteiger partial charge >= 0.3 is 6.03 Å². The number of nitro benzene ring substituents is 1. The van der Waals surface area contributed by atoms with E-state index in [0.29, 0.717) is 0 Å². The summed E-state index contributed by atoms with van der Waals surface area (Å²) >= 11 is 0. The van der Waals surface area contributed by atoms with E-state index in [1.807, 2.05) is 0 Å². The molecule has 0 bridgehead atoms. The maximum Gasteiger partial charge on any atom is 0.325 e. The summed E-state index contributed by atoms with van der Waals surface area (Å²) in [6, 6.07) is 3.33. The third kappa shape index (κ3) is 3.05. The minimum Gasteiger partial charge on any atom is -0.496 e. The van der Waals surface area contributed by atoms with Gasteiger partial charge in [-0.1, -0.05) is 0 Å². The molecule has 1 aromatic rings. The number of rotatable bonds is 6. The lowest BCUT2D eigenvalue weighted by Crippen LogP contribution is -2.46. The second kappa shape index (κ2) is 6.28. The van der Waals surface area contributed by atoms with Crippen molar-refractivity contribution in [1.29, 1.82) is 0 Å². The molecule has 26 heavy (non-hydrogen) atoms. The number of nitrogens with one attached hydrogen (secondary N) is 2. The van der Waals surface area contributed by atoms with Gasteiger partial charge in [0.05, 0.1) is 18.1 Å². The third-order valence-corrected chi connectivity index (χ3v) is 4.67. The Bertz CT molecular complexity index is 806. The maximum absolute atomic E-state index is 12.5. The summed E-state index contributed by atoms with van der Waals surface area (Å²) in [5.41, 5.74) is -1.38. The van der Waals surface area contributed by atoms with Crippen LogP contribution in [0.4, 0.5) is 16.2 Å². The number of anilines is 1. The molecule has 1 aliphatic heterocycles. The van der Waals surface area contributed by atoms with E-state index in [4.69, 9.17) is 4.74 Å². The van der Waals surface area contributed by atoms with Crippen LogP contribution < -0.4 is 15.4 Å². The number of hydrogen-bond donors (Lipinski definition) is 2. The summed E-state index contributed by atoms with van der Waals surface area (Å²) in [4.78, 5) is 48.2. The van der Waals surface area contributed by atoms with Gasteiger partial charge in [0.25, 0.3) is 11.6 Å². The second-order valence-electron chi connectivity index (χ2n) is 6.49. The van der Waals surface area contributed by atoms with Gasteiger partial charge in [0.15, 0.2) is 0 Å². The number of benzene rings is 1. The van der Waals surface area contributed by atoms with E-state index in [-0.39, 0.29) is 23.0 Å². The number of nitro groups is 1. The Morgan fingerprint density at radius 1 is 1.46 bits per heavy atom. The van der Waals surface area contributed by atoms with E-state index in [2.05, 4.69) is 10.6 Å². The van der Waals surface area contributed by atoms with Crippen molar-refractivity contribution in [2.24, 2.45) is 5.92 Å². The van der Waals surface area contributed by atoms with Crippen molar-refractivity contribution >= 4 is 29.2 Å². The van der Waals surface area contributed by atoms with Crippen LogP contribution >= 0.6 is 0 Å². The molecule has 4 amide bonds. The van der Waals surface area contributed by atoms with Crippen LogP contribution in [0.1, 0.15) is 19.8 Å². The Balaban J connectivity index is 1.72. The van der Waals surface area contributed by atoms with Crippen molar-refractivity contribution in [2.45, 2.75) is 25.3 Å². The van der Waals surface area contributed by atoms with E-state index in [0.717, 1.165) is 17.7 Å². The molecule has 1 atom stereocenters. The summed E-state index contributed by atoms with van der Waals surface area (Å²) in [5, 5.41) is 16.2. The summed E-state index contributed by atoms with van der Waals surface area (Å²) in [7, 11) is 1.37. The van der Waals surface area contributed by atoms with Crippen LogP contribution in [0.5, 0.6) is 5.75 Å². The number of carbonyl (C=O) groups is 3. The molecule has 1 heterocycles. The van der Waals surface area contributed by atoms with E-state index in [9.17, 15) is 24.5 Å². The molecule has 138 valence electrons. The number of imide groups is 1. The van der Waals surface area contributed by atoms with Gasteiger partial charge in [0.1, 0.15) is 23.5 Å². The van der Waals surface area contributed by atoms with Gasteiger partial charge in [-0.3, -0.25) is 24.6 Å². The first-order chi connectivity index (χ1) is 12.3. The highest BCUT2D eigenvalue weighted by atomic mass is 16.6. The number of ether oxygens (including phenoxy) is 1. The van der Waals surface area contributed by atoms with Crippen molar-refractivity contribution in [1.82, 2.24) is 10.2 Å². The van der Waals surface area contributed by atoms with Crippen LogP contribution in [0.2, 0.25) is 0 Å². The standard InChI is InChI=1S/C16H18N4O6/c1-16(9-3-4-9)14(22)19(15(23)18-16)8-13(21)17-11-6-5-10(26-2)7-12(11)20(24)25/h5-7,9H,3-4,8H2,1-2H3,(H,17,21)(H,18,23). The zero-order valence-corrected chi connectivity index (χ0v) is 14.3. The highest BCUT2D eigenvalue weighted by Crippen LogP contribution is 2.42. The quantitative estimate of drug-likeness (QED) is 0.445. The van der Waals surface area contributed by atoms with E-state index < -0.39 is 34.9 Å². The number of nitrogens with zero attached hydrogens (tertiary/aromatic N) is 2. The maximum atomic E-state index is 12.5. The van der Waals surface area contributed by atoms with Crippen LogP contribution in [0.25, 0.3) is 0 Å². The fraction of sp³-hybridized carbons (Fsp3) is 0.438. The molecular formula is C16H18N4O6. The average Bonchev–Trinajstić information content (AvgIpc) is 3.41. The largest absolute Gasteiger partial charge is 0.496 e. The van der Waals surface area contributed by atoms with Crippen LogP contribution in [0, 0.1) is 16.0 Å². The van der Waals surface area contributed by atoms with Crippen LogP contribution in [-0.2, 0) is 9.59 Å². The van der Waals surface area contributed by atoms with Crippen molar-refractivity contribution in [3.05, 3.63) is 28.3 Å². The number of carbonyl (C=O) groups excluding carboxylic acids is 3. The average molecular weight is 362 g/mol. The normalized spacial score (nSPS) is 22.2. The van der Waals surface area contributed by atoms with Crippen LogP contribution in [0.3, 0.4) is 0 Å². The fourth-order valence-electron chi connectivity index (χ4n) is 3.03. The predicted molar refractivity (Wildman–Crippen MR) is 89.7 cm³/mol. The van der Waals surface area contributed by atoms with Gasteiger partial charge < -0.3 is 15.4 Å². The zero-order valence-electron chi connectivity index (χ0n) is 14.3. The molecule has 1 saturated carbocycles. The van der Waals surface area contributed by atoms with Crippen molar-refractivity contribution in [3.63, 3.8) is 0 Å². The van der Waals surface area contributed by atoms with E-state index in [1.165, 1.54) is 25.3 Å². The second-order valence-corrected chi connectivity index (χ2v) is 6.49. The molecule has 3 rings (SSSR count).